The first-order chi connectivity index (χ1) is 14.1. The van der Waals surface area contributed by atoms with Crippen LogP contribution in [0.5, 0.6) is 0 Å². The van der Waals surface area contributed by atoms with Gasteiger partial charge in [0.15, 0.2) is 5.84 Å². The summed E-state index contributed by atoms with van der Waals surface area (Å²) in [4.78, 5) is 18.0. The second-order valence-corrected chi connectivity index (χ2v) is 8.90. The van der Waals surface area contributed by atoms with Gasteiger partial charge in [-0.25, -0.2) is 8.42 Å². The Morgan fingerprint density at radius 3 is 2.50 bits per heavy atom. The number of alkyl halides is 3. The molecule has 1 aromatic carbocycles. The molecule has 7 nitrogen and oxygen atoms in total. The van der Waals surface area contributed by atoms with Crippen molar-refractivity contribution >= 4 is 27.5 Å². The third-order valence-corrected chi connectivity index (χ3v) is 6.34. The van der Waals surface area contributed by atoms with Gasteiger partial charge >= 0.3 is 6.18 Å². The summed E-state index contributed by atoms with van der Waals surface area (Å²) < 4.78 is 66.4. The molecule has 0 spiro atoms. The van der Waals surface area contributed by atoms with E-state index in [0.29, 0.717) is 31.9 Å². The first-order valence-electron chi connectivity index (χ1n) is 9.34. The third kappa shape index (κ3) is 4.07. The molecule has 160 valence electrons. The number of benzene rings is 1. The molecule has 1 aromatic rings. The zero-order valence-electron chi connectivity index (χ0n) is 15.8. The number of hydrogen-bond acceptors (Lipinski definition) is 5. The molecule has 0 aromatic heterocycles. The highest BCUT2D eigenvalue weighted by Gasteiger charge is 2.34. The van der Waals surface area contributed by atoms with E-state index in [2.05, 4.69) is 4.40 Å². The normalized spacial score (nSPS) is 21.1. The van der Waals surface area contributed by atoms with Gasteiger partial charge in [0.05, 0.1) is 16.9 Å². The van der Waals surface area contributed by atoms with Gasteiger partial charge in [-0.3, -0.25) is 4.79 Å². The van der Waals surface area contributed by atoms with Gasteiger partial charge in [0, 0.05) is 44.6 Å². The average Bonchev–Trinajstić information content (AvgIpc) is 2.72. The van der Waals surface area contributed by atoms with Gasteiger partial charge in [0.25, 0.3) is 15.9 Å². The minimum Gasteiger partial charge on any atom is -0.368 e. The number of fused-ring (bicyclic) bond motifs is 1. The molecular weight excluding hydrogens is 421 g/mol. The summed E-state index contributed by atoms with van der Waals surface area (Å²) in [5, 5.41) is 0. The van der Waals surface area contributed by atoms with E-state index in [9.17, 15) is 26.4 Å². The number of amidine groups is 1. The summed E-state index contributed by atoms with van der Waals surface area (Å²) in [6.07, 6.45) is 0.471. The number of anilines is 1. The molecule has 0 unspecified atom stereocenters. The maximum atomic E-state index is 13.0. The number of sulfonamides is 1. The van der Waals surface area contributed by atoms with Crippen molar-refractivity contribution in [3.63, 3.8) is 0 Å². The van der Waals surface area contributed by atoms with Gasteiger partial charge in [0.1, 0.15) is 0 Å². The van der Waals surface area contributed by atoms with E-state index in [1.165, 1.54) is 12.1 Å². The maximum absolute atomic E-state index is 13.0. The zero-order valence-corrected chi connectivity index (χ0v) is 16.7. The fourth-order valence-electron chi connectivity index (χ4n) is 3.60. The van der Waals surface area contributed by atoms with Crippen molar-refractivity contribution in [1.29, 1.82) is 0 Å². The van der Waals surface area contributed by atoms with Crippen molar-refractivity contribution in [2.24, 2.45) is 4.40 Å². The third-order valence-electron chi connectivity index (χ3n) is 5.19. The molecule has 0 aliphatic carbocycles. The fraction of sp³-hybridized carbons (Fsp3) is 0.368. The lowest BCUT2D eigenvalue weighted by atomic mass is 10.1. The van der Waals surface area contributed by atoms with Gasteiger partial charge in [-0.15, -0.1) is 4.40 Å². The van der Waals surface area contributed by atoms with Crippen molar-refractivity contribution in [3.05, 3.63) is 53.8 Å². The molecule has 0 atom stereocenters. The summed E-state index contributed by atoms with van der Waals surface area (Å²) in [5.41, 5.74) is -0.0618. The van der Waals surface area contributed by atoms with Crippen LogP contribution in [0.15, 0.2) is 52.6 Å². The Balaban J connectivity index is 1.47. The Labute approximate surface area is 171 Å². The molecule has 0 radical (unpaired) electrons. The lowest BCUT2D eigenvalue weighted by Gasteiger charge is -2.37. The molecular formula is C19H19F3N4O3S. The molecule has 1 saturated heterocycles. The molecule has 0 N–H and O–H groups in total. The molecule has 11 heteroatoms. The molecule has 1 fully saturated rings. The highest BCUT2D eigenvalue weighted by atomic mass is 32.2. The van der Waals surface area contributed by atoms with E-state index >= 15 is 0 Å². The predicted molar refractivity (Wildman–Crippen MR) is 105 cm³/mol. The van der Waals surface area contributed by atoms with Crippen LogP contribution in [0.3, 0.4) is 0 Å². The largest absolute Gasteiger partial charge is 0.416 e. The van der Waals surface area contributed by atoms with Crippen LogP contribution >= 0.6 is 0 Å². The summed E-state index contributed by atoms with van der Waals surface area (Å²) in [6.45, 7) is 1.56. The van der Waals surface area contributed by atoms with Crippen molar-refractivity contribution in [1.82, 2.24) is 9.80 Å². The average molecular weight is 440 g/mol. The number of piperazine rings is 1. The maximum Gasteiger partial charge on any atom is 0.416 e. The van der Waals surface area contributed by atoms with Gasteiger partial charge in [0.2, 0.25) is 0 Å². The lowest BCUT2D eigenvalue weighted by Crippen LogP contribution is -2.51. The van der Waals surface area contributed by atoms with Crippen molar-refractivity contribution in [3.8, 4) is 0 Å². The van der Waals surface area contributed by atoms with Crippen molar-refractivity contribution in [2.45, 2.75) is 6.18 Å². The molecule has 0 saturated carbocycles. The molecule has 3 heterocycles. The number of halogens is 3. The SMILES string of the molecule is O=C(C1=CC=CN2CCS(=O)(=O)N=C12)N1CCN(c2cccc(C(F)(F)F)c2)CC1. The topological polar surface area (TPSA) is 73.3 Å². The number of nitrogens with zero attached hydrogens (tertiary/aromatic N) is 4. The van der Waals surface area contributed by atoms with Gasteiger partial charge in [-0.1, -0.05) is 6.07 Å². The highest BCUT2D eigenvalue weighted by molar-refractivity contribution is 7.90. The van der Waals surface area contributed by atoms with Gasteiger partial charge in [-0.05, 0) is 30.4 Å². The fourth-order valence-corrected chi connectivity index (χ4v) is 4.59. The van der Waals surface area contributed by atoms with E-state index in [-0.39, 0.29) is 29.6 Å². The Kier molecular flexibility index (Phi) is 5.08. The van der Waals surface area contributed by atoms with E-state index < -0.39 is 21.8 Å². The van der Waals surface area contributed by atoms with E-state index in [1.54, 1.807) is 33.0 Å². The second-order valence-electron chi connectivity index (χ2n) is 7.14. The first-order valence-corrected chi connectivity index (χ1v) is 10.9. The Morgan fingerprint density at radius 1 is 1.07 bits per heavy atom. The number of hydrogen-bond donors (Lipinski definition) is 0. The quantitative estimate of drug-likeness (QED) is 0.702. The van der Waals surface area contributed by atoms with Crippen LogP contribution in [-0.2, 0) is 21.0 Å². The Bertz CT molecular complexity index is 1060. The monoisotopic (exact) mass is 440 g/mol. The van der Waals surface area contributed by atoms with Crippen LogP contribution in [0.4, 0.5) is 18.9 Å². The van der Waals surface area contributed by atoms with E-state index in [1.807, 2.05) is 0 Å². The molecule has 4 rings (SSSR count). The van der Waals surface area contributed by atoms with Gasteiger partial charge in [-0.2, -0.15) is 13.2 Å². The Hall–Kier alpha value is -2.82. The molecule has 3 aliphatic heterocycles. The van der Waals surface area contributed by atoms with Crippen LogP contribution in [0.25, 0.3) is 0 Å². The zero-order chi connectivity index (χ0) is 21.5. The molecule has 30 heavy (non-hydrogen) atoms. The Morgan fingerprint density at radius 2 is 1.80 bits per heavy atom. The predicted octanol–water partition coefficient (Wildman–Crippen LogP) is 1.85. The van der Waals surface area contributed by atoms with Crippen LogP contribution in [-0.4, -0.2) is 68.4 Å². The number of amides is 1. The van der Waals surface area contributed by atoms with E-state index in [4.69, 9.17) is 0 Å². The number of carbonyl (C=O) groups excluding carboxylic acids is 1. The number of rotatable bonds is 2. The molecule has 3 aliphatic rings. The van der Waals surface area contributed by atoms with Crippen LogP contribution in [0, 0.1) is 0 Å². The van der Waals surface area contributed by atoms with Gasteiger partial charge < -0.3 is 14.7 Å². The first kappa shape index (κ1) is 20.5. The van der Waals surface area contributed by atoms with Crippen molar-refractivity contribution < 1.29 is 26.4 Å². The number of allylic oxidation sites excluding steroid dienone is 2. The second kappa shape index (κ2) is 7.46. The van der Waals surface area contributed by atoms with Crippen LogP contribution < -0.4 is 4.90 Å². The lowest BCUT2D eigenvalue weighted by molar-refractivity contribution is -0.137. The summed E-state index contributed by atoms with van der Waals surface area (Å²) in [5.74, 6) is -0.337. The minimum atomic E-state index is -4.41. The minimum absolute atomic E-state index is 0.113. The van der Waals surface area contributed by atoms with E-state index in [0.717, 1.165) is 12.1 Å². The molecule has 1 amide bonds. The molecule has 0 bridgehead atoms. The standard InChI is InChI=1S/C19H19F3N4O3S/c20-19(21,22)14-3-1-4-15(13-14)24-7-9-26(10-8-24)18(27)16-5-2-6-25-11-12-30(28,29)23-17(16)25/h1-6,13H,7-12H2. The van der Waals surface area contributed by atoms with Crippen LogP contribution in [0.1, 0.15) is 5.56 Å². The summed E-state index contributed by atoms with van der Waals surface area (Å²) >= 11 is 0. The highest BCUT2D eigenvalue weighted by Crippen LogP contribution is 2.32. The number of carbonyl (C=O) groups is 1. The van der Waals surface area contributed by atoms with Crippen molar-refractivity contribution in [2.75, 3.05) is 43.4 Å². The smallest absolute Gasteiger partial charge is 0.368 e. The van der Waals surface area contributed by atoms with Crippen LogP contribution in [0.2, 0.25) is 0 Å². The summed E-state index contributed by atoms with van der Waals surface area (Å²) in [7, 11) is -3.61. The summed E-state index contributed by atoms with van der Waals surface area (Å²) in [6, 6.07) is 5.11.